The Bertz CT molecular complexity index is 472. The maximum Gasteiger partial charge on any atom is 0.230 e. The highest BCUT2D eigenvalue weighted by Gasteiger charge is 2.21. The number of nitrogens with one attached hydrogen (secondary N) is 3. The molecule has 0 aliphatic carbocycles. The smallest absolute Gasteiger partial charge is 0.230 e. The van der Waals surface area contributed by atoms with Crippen LogP contribution in [0.1, 0.15) is 12.8 Å². The number of rotatable bonds is 5. The minimum atomic E-state index is -0.0244. The summed E-state index contributed by atoms with van der Waals surface area (Å²) in [5.41, 5.74) is 0. The fraction of sp³-hybridized carbons (Fsp3) is 0.583. The lowest BCUT2D eigenvalue weighted by atomic mass is 9.97. The van der Waals surface area contributed by atoms with Gasteiger partial charge in [0.2, 0.25) is 11.8 Å². The Morgan fingerprint density at radius 1 is 1.50 bits per heavy atom. The first-order valence-electron chi connectivity index (χ1n) is 6.50. The molecular weight excluding hydrogens is 296 g/mol. The molecule has 1 aromatic rings. The number of thiazole rings is 1. The third kappa shape index (κ3) is 4.46. The molecule has 0 atom stereocenters. The highest BCUT2D eigenvalue weighted by Crippen LogP contribution is 2.28. The first kappa shape index (κ1) is 15.3. The van der Waals surface area contributed by atoms with E-state index in [9.17, 15) is 9.59 Å². The number of carbonyl (C=O) groups excluding carboxylic acids is 2. The third-order valence-electron chi connectivity index (χ3n) is 3.05. The minimum Gasteiger partial charge on any atom is -0.358 e. The van der Waals surface area contributed by atoms with Gasteiger partial charge in [-0.3, -0.25) is 9.59 Å². The first-order chi connectivity index (χ1) is 9.69. The number of amides is 2. The summed E-state index contributed by atoms with van der Waals surface area (Å²) in [6, 6.07) is 0. The van der Waals surface area contributed by atoms with E-state index in [4.69, 9.17) is 0 Å². The Morgan fingerprint density at radius 2 is 2.25 bits per heavy atom. The number of hydrogen-bond donors (Lipinski definition) is 3. The van der Waals surface area contributed by atoms with Gasteiger partial charge in [-0.15, -0.1) is 11.8 Å². The minimum absolute atomic E-state index is 0.0244. The number of aromatic nitrogens is 1. The molecule has 6 nitrogen and oxygen atoms in total. The molecule has 110 valence electrons. The standard InChI is InChI=1S/C12H18N4O2S2/c1-13-9(17)7-19-10-6-15-12(20-10)16-11(18)8-2-4-14-5-3-8/h6,8,14H,2-5,7H2,1H3,(H,13,17)(H,15,16,18). The van der Waals surface area contributed by atoms with Crippen molar-refractivity contribution in [3.05, 3.63) is 6.20 Å². The van der Waals surface area contributed by atoms with Crippen LogP contribution in [-0.2, 0) is 9.59 Å². The van der Waals surface area contributed by atoms with E-state index in [1.165, 1.54) is 23.1 Å². The largest absolute Gasteiger partial charge is 0.358 e. The summed E-state index contributed by atoms with van der Waals surface area (Å²) in [5, 5.41) is 9.27. The maximum absolute atomic E-state index is 12.0. The fourth-order valence-corrected chi connectivity index (χ4v) is 3.63. The van der Waals surface area contributed by atoms with Crippen LogP contribution in [0.5, 0.6) is 0 Å². The molecule has 0 saturated carbocycles. The van der Waals surface area contributed by atoms with Crippen LogP contribution in [-0.4, -0.2) is 42.7 Å². The van der Waals surface area contributed by atoms with Crippen LogP contribution >= 0.6 is 23.1 Å². The van der Waals surface area contributed by atoms with Crippen LogP contribution < -0.4 is 16.0 Å². The topological polar surface area (TPSA) is 83.1 Å². The molecular formula is C12H18N4O2S2. The molecule has 20 heavy (non-hydrogen) atoms. The average Bonchev–Trinajstić information content (AvgIpc) is 2.93. The van der Waals surface area contributed by atoms with Gasteiger partial charge in [0.05, 0.1) is 16.2 Å². The van der Waals surface area contributed by atoms with E-state index in [2.05, 4.69) is 20.9 Å². The molecule has 1 fully saturated rings. The Kier molecular flexibility index (Phi) is 5.81. The molecule has 0 spiro atoms. The summed E-state index contributed by atoms with van der Waals surface area (Å²) in [7, 11) is 1.61. The molecule has 0 radical (unpaired) electrons. The predicted octanol–water partition coefficient (Wildman–Crippen LogP) is 0.919. The monoisotopic (exact) mass is 314 g/mol. The summed E-state index contributed by atoms with van der Waals surface area (Å²) >= 11 is 2.82. The van der Waals surface area contributed by atoms with Crippen molar-refractivity contribution >= 4 is 40.0 Å². The van der Waals surface area contributed by atoms with E-state index in [-0.39, 0.29) is 17.7 Å². The van der Waals surface area contributed by atoms with Crippen LogP contribution in [0.2, 0.25) is 0 Å². The van der Waals surface area contributed by atoms with Crippen molar-refractivity contribution in [1.82, 2.24) is 15.6 Å². The second-order valence-corrected chi connectivity index (χ2v) is 6.77. The van der Waals surface area contributed by atoms with E-state index >= 15 is 0 Å². The molecule has 2 amide bonds. The molecule has 0 bridgehead atoms. The molecule has 2 rings (SSSR count). The van der Waals surface area contributed by atoms with E-state index in [1.807, 2.05) is 0 Å². The van der Waals surface area contributed by atoms with Gasteiger partial charge < -0.3 is 16.0 Å². The van der Waals surface area contributed by atoms with Gasteiger partial charge in [0.25, 0.3) is 0 Å². The molecule has 1 aromatic heterocycles. The zero-order valence-corrected chi connectivity index (χ0v) is 12.9. The second kappa shape index (κ2) is 7.61. The van der Waals surface area contributed by atoms with Crippen LogP contribution in [0.25, 0.3) is 0 Å². The number of carbonyl (C=O) groups is 2. The van der Waals surface area contributed by atoms with Crippen LogP contribution in [0.3, 0.4) is 0 Å². The van der Waals surface area contributed by atoms with E-state index in [0.29, 0.717) is 10.9 Å². The summed E-state index contributed by atoms with van der Waals surface area (Å²) < 4.78 is 0.925. The van der Waals surface area contributed by atoms with Crippen molar-refractivity contribution in [1.29, 1.82) is 0 Å². The summed E-state index contributed by atoms with van der Waals surface area (Å²) in [6.07, 6.45) is 3.43. The van der Waals surface area contributed by atoms with Crippen molar-refractivity contribution in [3.63, 3.8) is 0 Å². The molecule has 1 saturated heterocycles. The van der Waals surface area contributed by atoms with Gasteiger partial charge in [-0.1, -0.05) is 11.3 Å². The van der Waals surface area contributed by atoms with Gasteiger partial charge in [0, 0.05) is 13.0 Å². The number of hydrogen-bond acceptors (Lipinski definition) is 6. The lowest BCUT2D eigenvalue weighted by Gasteiger charge is -2.20. The van der Waals surface area contributed by atoms with Gasteiger partial charge >= 0.3 is 0 Å². The van der Waals surface area contributed by atoms with E-state index in [1.54, 1.807) is 13.2 Å². The first-order valence-corrected chi connectivity index (χ1v) is 8.30. The zero-order chi connectivity index (χ0) is 14.4. The fourth-order valence-electron chi connectivity index (χ4n) is 1.88. The quantitative estimate of drug-likeness (QED) is 0.704. The normalized spacial score (nSPS) is 15.8. The highest BCUT2D eigenvalue weighted by molar-refractivity contribution is 8.01. The molecule has 8 heteroatoms. The van der Waals surface area contributed by atoms with Crippen molar-refractivity contribution in [2.75, 3.05) is 31.2 Å². The zero-order valence-electron chi connectivity index (χ0n) is 11.3. The van der Waals surface area contributed by atoms with Crippen molar-refractivity contribution < 1.29 is 9.59 Å². The molecule has 1 aliphatic heterocycles. The van der Waals surface area contributed by atoms with E-state index < -0.39 is 0 Å². The lowest BCUT2D eigenvalue weighted by molar-refractivity contribution is -0.120. The maximum atomic E-state index is 12.0. The van der Waals surface area contributed by atoms with Gasteiger partial charge in [0.15, 0.2) is 5.13 Å². The Hall–Kier alpha value is -1.12. The summed E-state index contributed by atoms with van der Waals surface area (Å²) in [6.45, 7) is 1.78. The average molecular weight is 314 g/mol. The van der Waals surface area contributed by atoms with Crippen molar-refractivity contribution in [2.45, 2.75) is 17.1 Å². The molecule has 0 aromatic carbocycles. The summed E-state index contributed by atoms with van der Waals surface area (Å²) in [5.74, 6) is 0.454. The summed E-state index contributed by atoms with van der Waals surface area (Å²) in [4.78, 5) is 27.4. The van der Waals surface area contributed by atoms with Crippen LogP contribution in [0.4, 0.5) is 5.13 Å². The molecule has 0 unspecified atom stereocenters. The van der Waals surface area contributed by atoms with Crippen molar-refractivity contribution in [3.8, 4) is 0 Å². The SMILES string of the molecule is CNC(=O)CSc1cnc(NC(=O)C2CCNCC2)s1. The van der Waals surface area contributed by atoms with Gasteiger partial charge in [-0.05, 0) is 25.9 Å². The number of thioether (sulfide) groups is 1. The Morgan fingerprint density at radius 3 is 2.95 bits per heavy atom. The Labute approximate surface area is 126 Å². The molecule has 3 N–H and O–H groups in total. The second-order valence-electron chi connectivity index (χ2n) is 4.46. The number of anilines is 1. The third-order valence-corrected chi connectivity index (χ3v) is 5.16. The number of nitrogens with zero attached hydrogens (tertiary/aromatic N) is 1. The lowest BCUT2D eigenvalue weighted by Crippen LogP contribution is -2.34. The molecule has 1 aliphatic rings. The van der Waals surface area contributed by atoms with Crippen LogP contribution in [0, 0.1) is 5.92 Å². The van der Waals surface area contributed by atoms with Crippen molar-refractivity contribution in [2.24, 2.45) is 5.92 Å². The number of piperidine rings is 1. The van der Waals surface area contributed by atoms with Gasteiger partial charge in [-0.25, -0.2) is 4.98 Å². The van der Waals surface area contributed by atoms with Crippen LogP contribution in [0.15, 0.2) is 10.4 Å². The predicted molar refractivity (Wildman–Crippen MR) is 81.1 cm³/mol. The van der Waals surface area contributed by atoms with Gasteiger partial charge in [0.1, 0.15) is 0 Å². The highest BCUT2D eigenvalue weighted by atomic mass is 32.2. The van der Waals surface area contributed by atoms with E-state index in [0.717, 1.165) is 30.1 Å². The Balaban J connectivity index is 1.82. The molecule has 2 heterocycles. The van der Waals surface area contributed by atoms with Gasteiger partial charge in [-0.2, -0.15) is 0 Å².